The summed E-state index contributed by atoms with van der Waals surface area (Å²) < 4.78 is 24.0. The lowest BCUT2D eigenvalue weighted by Crippen LogP contribution is -2.12. The van der Waals surface area contributed by atoms with E-state index in [4.69, 9.17) is 33.7 Å². The summed E-state index contributed by atoms with van der Waals surface area (Å²) in [5.74, 6) is -0.870. The number of aromatic nitrogens is 1. The number of nitrogen functional groups attached to an aromatic ring is 1. The van der Waals surface area contributed by atoms with Gasteiger partial charge in [0.15, 0.2) is 5.82 Å². The van der Waals surface area contributed by atoms with E-state index in [1.54, 1.807) is 14.1 Å². The molecule has 0 fully saturated rings. The van der Waals surface area contributed by atoms with E-state index in [-0.39, 0.29) is 38.6 Å². The van der Waals surface area contributed by atoms with Gasteiger partial charge < -0.3 is 20.1 Å². The van der Waals surface area contributed by atoms with Crippen molar-refractivity contribution < 1.29 is 18.7 Å². The number of pyridine rings is 1. The summed E-state index contributed by atoms with van der Waals surface area (Å²) in [6, 6.07) is 4.35. The van der Waals surface area contributed by atoms with Crippen molar-refractivity contribution in [3.63, 3.8) is 0 Å². The Labute approximate surface area is 147 Å². The number of carbonyl (C=O) groups excluding carboxylic acids is 1. The van der Waals surface area contributed by atoms with Crippen LogP contribution in [0.1, 0.15) is 0 Å². The van der Waals surface area contributed by atoms with Crippen LogP contribution in [0.15, 0.2) is 18.2 Å². The molecule has 9 heteroatoms. The molecule has 24 heavy (non-hydrogen) atoms. The molecule has 0 radical (unpaired) electrons. The van der Waals surface area contributed by atoms with Crippen molar-refractivity contribution in [2.75, 3.05) is 31.8 Å². The number of carbonyl (C=O) groups is 1. The van der Waals surface area contributed by atoms with Crippen LogP contribution in [0.4, 0.5) is 20.6 Å². The summed E-state index contributed by atoms with van der Waals surface area (Å²) in [6.07, 6.45) is -1.02. The molecule has 0 aliphatic rings. The normalized spacial score (nSPS) is 10.4. The molecule has 6 nitrogen and oxygen atoms in total. The van der Waals surface area contributed by atoms with Crippen molar-refractivity contribution in [2.45, 2.75) is 0 Å². The van der Waals surface area contributed by atoms with Gasteiger partial charge in [0.25, 0.3) is 0 Å². The van der Waals surface area contributed by atoms with E-state index in [0.717, 1.165) is 7.11 Å². The maximum absolute atomic E-state index is 14.8. The van der Waals surface area contributed by atoms with Crippen LogP contribution in [0.3, 0.4) is 0 Å². The minimum absolute atomic E-state index is 0.0707. The molecule has 0 aliphatic heterocycles. The van der Waals surface area contributed by atoms with Gasteiger partial charge in [0.2, 0.25) is 5.88 Å². The maximum Gasteiger partial charge on any atom is 0.514 e. The Kier molecular flexibility index (Phi) is 5.36. The third kappa shape index (κ3) is 3.47. The van der Waals surface area contributed by atoms with E-state index in [9.17, 15) is 9.18 Å². The molecule has 0 spiro atoms. The second-order valence-corrected chi connectivity index (χ2v) is 5.71. The summed E-state index contributed by atoms with van der Waals surface area (Å²) in [6.45, 7) is 0. The highest BCUT2D eigenvalue weighted by Gasteiger charge is 2.20. The second-order valence-electron chi connectivity index (χ2n) is 4.92. The van der Waals surface area contributed by atoms with Gasteiger partial charge in [-0.25, -0.2) is 14.2 Å². The van der Waals surface area contributed by atoms with Crippen molar-refractivity contribution in [3.8, 4) is 17.1 Å². The van der Waals surface area contributed by atoms with Crippen molar-refractivity contribution in [1.29, 1.82) is 0 Å². The fraction of sp³-hybridized carbons (Fsp3) is 0.200. The van der Waals surface area contributed by atoms with Crippen LogP contribution in [0.5, 0.6) is 5.88 Å². The predicted molar refractivity (Wildman–Crippen MR) is 91.4 cm³/mol. The van der Waals surface area contributed by atoms with Crippen molar-refractivity contribution in [2.24, 2.45) is 0 Å². The molecule has 0 saturated heterocycles. The van der Waals surface area contributed by atoms with Gasteiger partial charge in [-0.2, -0.15) is 0 Å². The third-order valence-corrected chi connectivity index (χ3v) is 3.78. The number of benzene rings is 1. The second kappa shape index (κ2) is 7.11. The van der Waals surface area contributed by atoms with Crippen molar-refractivity contribution >= 4 is 40.7 Å². The van der Waals surface area contributed by atoms with Gasteiger partial charge in [-0.3, -0.25) is 0 Å². The highest BCUT2D eigenvalue weighted by molar-refractivity contribution is 6.34. The van der Waals surface area contributed by atoms with Crippen LogP contribution < -0.4 is 15.4 Å². The average molecular weight is 374 g/mol. The first-order valence-corrected chi connectivity index (χ1v) is 7.39. The zero-order valence-corrected chi connectivity index (χ0v) is 14.6. The predicted octanol–water partition coefficient (Wildman–Crippen LogP) is 3.99. The number of halogens is 3. The molecule has 0 amide bonds. The van der Waals surface area contributed by atoms with Crippen LogP contribution in [0.25, 0.3) is 11.3 Å². The molecule has 2 aromatic rings. The van der Waals surface area contributed by atoms with Gasteiger partial charge >= 0.3 is 6.16 Å². The number of methoxy groups -OCH3 is 1. The molecular weight excluding hydrogens is 360 g/mol. The highest BCUT2D eigenvalue weighted by atomic mass is 35.5. The minimum atomic E-state index is -1.02. The Morgan fingerprint density at radius 2 is 2.00 bits per heavy atom. The molecule has 0 aliphatic carbocycles. The Morgan fingerprint density at radius 3 is 2.58 bits per heavy atom. The van der Waals surface area contributed by atoms with E-state index in [1.807, 2.05) is 0 Å². The molecule has 1 aromatic heterocycles. The van der Waals surface area contributed by atoms with Gasteiger partial charge in [-0.05, 0) is 18.2 Å². The van der Waals surface area contributed by atoms with Gasteiger partial charge in [0.05, 0.1) is 29.2 Å². The number of nitrogens with two attached hydrogens (primary N) is 1. The molecule has 2 N–H and O–H groups in total. The van der Waals surface area contributed by atoms with Crippen molar-refractivity contribution in [1.82, 2.24) is 4.98 Å². The number of hydrogen-bond donors (Lipinski definition) is 1. The summed E-state index contributed by atoms with van der Waals surface area (Å²) in [4.78, 5) is 16.8. The van der Waals surface area contributed by atoms with Crippen LogP contribution in [0.2, 0.25) is 10.0 Å². The highest BCUT2D eigenvalue weighted by Crippen LogP contribution is 2.37. The van der Waals surface area contributed by atoms with Crippen LogP contribution in [-0.2, 0) is 4.74 Å². The first-order chi connectivity index (χ1) is 11.3. The molecule has 1 aromatic carbocycles. The quantitative estimate of drug-likeness (QED) is 0.819. The lowest BCUT2D eigenvalue weighted by molar-refractivity contribution is 0.120. The van der Waals surface area contributed by atoms with E-state index < -0.39 is 12.0 Å². The lowest BCUT2D eigenvalue weighted by atomic mass is 10.1. The van der Waals surface area contributed by atoms with E-state index in [0.29, 0.717) is 0 Å². The topological polar surface area (TPSA) is 77.7 Å². The van der Waals surface area contributed by atoms with E-state index >= 15 is 0 Å². The molecule has 2 rings (SSSR count). The summed E-state index contributed by atoms with van der Waals surface area (Å²) in [7, 11) is 4.44. The molecule has 0 unspecified atom stereocenters. The van der Waals surface area contributed by atoms with Crippen LogP contribution in [0, 0.1) is 5.82 Å². The summed E-state index contributed by atoms with van der Waals surface area (Å²) >= 11 is 12.0. The smallest absolute Gasteiger partial charge is 0.437 e. The standard InChI is InChI=1S/C15H14Cl2FN3O3/c1-21(2)13-8(16)5-4-7(12(13)18)10-6-9(19)11(17)14(20-10)24-15(22)23-3/h4-6H,1-3H3,(H2,19,20). The molecule has 0 atom stereocenters. The molecular formula is C15H14Cl2FN3O3. The number of anilines is 2. The maximum atomic E-state index is 14.8. The van der Waals surface area contributed by atoms with Crippen LogP contribution >= 0.6 is 23.2 Å². The van der Waals surface area contributed by atoms with Gasteiger partial charge in [0.1, 0.15) is 5.02 Å². The van der Waals surface area contributed by atoms with Crippen LogP contribution in [-0.4, -0.2) is 32.3 Å². The zero-order valence-electron chi connectivity index (χ0n) is 13.1. The van der Waals surface area contributed by atoms with Crippen molar-refractivity contribution in [3.05, 3.63) is 34.1 Å². The third-order valence-electron chi connectivity index (χ3n) is 3.09. The summed E-state index contributed by atoms with van der Waals surface area (Å²) in [5.41, 5.74) is 6.31. The monoisotopic (exact) mass is 373 g/mol. The SMILES string of the molecule is COC(=O)Oc1nc(-c2ccc(Cl)c(N(C)C)c2F)cc(N)c1Cl. The zero-order chi connectivity index (χ0) is 18.0. The van der Waals surface area contributed by atoms with Gasteiger partial charge in [-0.15, -0.1) is 0 Å². The minimum Gasteiger partial charge on any atom is -0.437 e. The van der Waals surface area contributed by atoms with Gasteiger partial charge in [0, 0.05) is 19.7 Å². The largest absolute Gasteiger partial charge is 0.514 e. The fourth-order valence-electron chi connectivity index (χ4n) is 2.00. The molecule has 128 valence electrons. The Balaban J connectivity index is 2.61. The van der Waals surface area contributed by atoms with E-state index in [1.165, 1.54) is 23.1 Å². The van der Waals surface area contributed by atoms with Gasteiger partial charge in [-0.1, -0.05) is 23.2 Å². The number of hydrogen-bond acceptors (Lipinski definition) is 6. The van der Waals surface area contributed by atoms with E-state index in [2.05, 4.69) is 9.72 Å². The Bertz CT molecular complexity index is 800. The molecule has 0 saturated carbocycles. The average Bonchev–Trinajstić information content (AvgIpc) is 2.51. The molecule has 1 heterocycles. The first-order valence-electron chi connectivity index (χ1n) is 6.63. The first kappa shape index (κ1) is 18.1. The Morgan fingerprint density at radius 1 is 1.33 bits per heavy atom. The Hall–Kier alpha value is -2.25. The summed E-state index contributed by atoms with van der Waals surface area (Å²) in [5, 5.41) is 0.167. The number of nitrogens with zero attached hydrogens (tertiary/aromatic N) is 2. The number of ether oxygens (including phenoxy) is 2. The fourth-order valence-corrected chi connectivity index (χ4v) is 2.45. The lowest BCUT2D eigenvalue weighted by Gasteiger charge is -2.18. The number of rotatable bonds is 3. The molecule has 0 bridgehead atoms.